The fourth-order valence-corrected chi connectivity index (χ4v) is 3.46. The number of nitrogens with one attached hydrogen (secondary N) is 3. The van der Waals surface area contributed by atoms with Gasteiger partial charge in [-0.25, -0.2) is 0 Å². The molecule has 7 nitrogen and oxygen atoms in total. The molecule has 2 amide bonds. The van der Waals surface area contributed by atoms with E-state index in [1.165, 1.54) is 0 Å². The van der Waals surface area contributed by atoms with E-state index in [9.17, 15) is 9.59 Å². The molecule has 0 saturated heterocycles. The standard InChI is InChI=1S/C23H24N4O3/c1-24-10-5-11-27(2)23(29)15-8-9-17-16(14-25-19(17)12-15)13-21-22(28)26-18-6-3-4-7-20(18)30-21/h3-4,6-9,12-14,24-25H,5,10-11H2,1-2H3,(H,26,28). The van der Waals surface area contributed by atoms with Gasteiger partial charge in [-0.05, 0) is 50.4 Å². The van der Waals surface area contributed by atoms with Crippen molar-refractivity contribution in [2.24, 2.45) is 0 Å². The molecule has 2 heterocycles. The van der Waals surface area contributed by atoms with E-state index in [1.54, 1.807) is 23.2 Å². The van der Waals surface area contributed by atoms with Crippen LogP contribution in [0.15, 0.2) is 54.4 Å². The van der Waals surface area contributed by atoms with Crippen LogP contribution in [0.2, 0.25) is 0 Å². The van der Waals surface area contributed by atoms with Crippen molar-refractivity contribution in [1.82, 2.24) is 15.2 Å². The van der Waals surface area contributed by atoms with Crippen LogP contribution in [0.3, 0.4) is 0 Å². The lowest BCUT2D eigenvalue weighted by Crippen LogP contribution is -2.29. The van der Waals surface area contributed by atoms with Crippen LogP contribution >= 0.6 is 0 Å². The van der Waals surface area contributed by atoms with E-state index < -0.39 is 0 Å². The molecule has 1 aliphatic heterocycles. The number of carbonyl (C=O) groups is 2. The lowest BCUT2D eigenvalue weighted by molar-refractivity contribution is -0.115. The highest BCUT2D eigenvalue weighted by molar-refractivity contribution is 6.09. The van der Waals surface area contributed by atoms with Gasteiger partial charge in [0.25, 0.3) is 11.8 Å². The molecule has 0 spiro atoms. The van der Waals surface area contributed by atoms with E-state index >= 15 is 0 Å². The number of H-pyrrole nitrogens is 1. The maximum Gasteiger partial charge on any atom is 0.291 e. The molecule has 2 aromatic carbocycles. The second-order valence-electron chi connectivity index (χ2n) is 7.25. The third-order valence-electron chi connectivity index (χ3n) is 5.09. The molecular weight excluding hydrogens is 380 g/mol. The highest BCUT2D eigenvalue weighted by Crippen LogP contribution is 2.31. The molecule has 3 aromatic rings. The summed E-state index contributed by atoms with van der Waals surface area (Å²) in [7, 11) is 3.71. The first-order chi connectivity index (χ1) is 14.6. The van der Waals surface area contributed by atoms with Crippen molar-refractivity contribution in [3.05, 3.63) is 65.5 Å². The quantitative estimate of drug-likeness (QED) is 0.435. The van der Waals surface area contributed by atoms with E-state index in [0.717, 1.165) is 29.4 Å². The third kappa shape index (κ3) is 3.92. The predicted molar refractivity (Wildman–Crippen MR) is 117 cm³/mol. The molecule has 0 saturated carbocycles. The fraction of sp³-hybridized carbons (Fsp3) is 0.217. The number of nitrogens with zero attached hydrogens (tertiary/aromatic N) is 1. The molecule has 0 radical (unpaired) electrons. The predicted octanol–water partition coefficient (Wildman–Crippen LogP) is 3.22. The van der Waals surface area contributed by atoms with E-state index in [4.69, 9.17) is 4.74 Å². The molecule has 4 rings (SSSR count). The highest BCUT2D eigenvalue weighted by Gasteiger charge is 2.22. The Morgan fingerprint density at radius 2 is 2.07 bits per heavy atom. The molecule has 30 heavy (non-hydrogen) atoms. The van der Waals surface area contributed by atoms with E-state index in [2.05, 4.69) is 15.6 Å². The number of rotatable bonds is 6. The fourth-order valence-electron chi connectivity index (χ4n) is 3.46. The van der Waals surface area contributed by atoms with Gasteiger partial charge >= 0.3 is 0 Å². The summed E-state index contributed by atoms with van der Waals surface area (Å²) in [4.78, 5) is 30.0. The van der Waals surface area contributed by atoms with Crippen molar-refractivity contribution in [3.63, 3.8) is 0 Å². The van der Waals surface area contributed by atoms with E-state index in [-0.39, 0.29) is 17.6 Å². The van der Waals surface area contributed by atoms with Crippen LogP contribution in [-0.4, -0.2) is 48.9 Å². The lowest BCUT2D eigenvalue weighted by atomic mass is 10.1. The number of aromatic nitrogens is 1. The summed E-state index contributed by atoms with van der Waals surface area (Å²) in [6, 6.07) is 12.8. The topological polar surface area (TPSA) is 86.5 Å². The number of hydrogen-bond donors (Lipinski definition) is 3. The number of aromatic amines is 1. The molecule has 1 aliphatic rings. The Morgan fingerprint density at radius 3 is 2.90 bits per heavy atom. The van der Waals surface area contributed by atoms with Gasteiger partial charge < -0.3 is 25.3 Å². The average Bonchev–Trinajstić information content (AvgIpc) is 3.15. The van der Waals surface area contributed by atoms with Crippen molar-refractivity contribution in [3.8, 4) is 5.75 Å². The van der Waals surface area contributed by atoms with Gasteiger partial charge in [0.15, 0.2) is 11.5 Å². The second-order valence-corrected chi connectivity index (χ2v) is 7.25. The molecule has 0 aliphatic carbocycles. The van der Waals surface area contributed by atoms with Gasteiger partial charge in [0.05, 0.1) is 5.69 Å². The maximum atomic E-state index is 12.7. The van der Waals surface area contributed by atoms with Crippen LogP contribution in [0.1, 0.15) is 22.3 Å². The van der Waals surface area contributed by atoms with Crippen molar-refractivity contribution < 1.29 is 14.3 Å². The number of benzene rings is 2. The van der Waals surface area contributed by atoms with Gasteiger partial charge in [0.2, 0.25) is 0 Å². The summed E-state index contributed by atoms with van der Waals surface area (Å²) in [6.45, 7) is 1.55. The Bertz CT molecular complexity index is 1130. The zero-order valence-electron chi connectivity index (χ0n) is 17.0. The Morgan fingerprint density at radius 1 is 1.23 bits per heavy atom. The molecule has 0 fully saturated rings. The zero-order chi connectivity index (χ0) is 21.1. The van der Waals surface area contributed by atoms with Gasteiger partial charge in [-0.2, -0.15) is 0 Å². The van der Waals surface area contributed by atoms with Gasteiger partial charge in [-0.1, -0.05) is 18.2 Å². The summed E-state index contributed by atoms with van der Waals surface area (Å²) in [6.07, 6.45) is 4.40. The van der Waals surface area contributed by atoms with Crippen LogP contribution in [0.4, 0.5) is 5.69 Å². The van der Waals surface area contributed by atoms with Crippen molar-refractivity contribution in [2.45, 2.75) is 6.42 Å². The summed E-state index contributed by atoms with van der Waals surface area (Å²) in [5.74, 6) is 0.517. The molecule has 0 atom stereocenters. The van der Waals surface area contributed by atoms with E-state index in [1.807, 2.05) is 50.5 Å². The first-order valence-electron chi connectivity index (χ1n) is 9.88. The number of carbonyl (C=O) groups excluding carboxylic acids is 2. The minimum Gasteiger partial charge on any atom is -0.449 e. The zero-order valence-corrected chi connectivity index (χ0v) is 17.0. The first kappa shape index (κ1) is 19.7. The lowest BCUT2D eigenvalue weighted by Gasteiger charge is -2.19. The maximum absolute atomic E-state index is 12.7. The molecular formula is C23H24N4O3. The monoisotopic (exact) mass is 404 g/mol. The van der Waals surface area contributed by atoms with Crippen LogP contribution in [0, 0.1) is 0 Å². The average molecular weight is 404 g/mol. The Labute approximate surface area is 174 Å². The molecule has 3 N–H and O–H groups in total. The van der Waals surface area contributed by atoms with Crippen LogP contribution in [0.25, 0.3) is 17.0 Å². The van der Waals surface area contributed by atoms with Gasteiger partial charge in [0.1, 0.15) is 0 Å². The summed E-state index contributed by atoms with van der Waals surface area (Å²) in [5.41, 5.74) is 2.92. The smallest absolute Gasteiger partial charge is 0.291 e. The summed E-state index contributed by atoms with van der Waals surface area (Å²) >= 11 is 0. The third-order valence-corrected chi connectivity index (χ3v) is 5.09. The minimum absolute atomic E-state index is 0.0193. The number of para-hydroxylation sites is 2. The minimum atomic E-state index is -0.293. The number of anilines is 1. The first-order valence-corrected chi connectivity index (χ1v) is 9.88. The number of amides is 2. The Kier molecular flexibility index (Phi) is 5.54. The van der Waals surface area contributed by atoms with E-state index in [0.29, 0.717) is 23.5 Å². The highest BCUT2D eigenvalue weighted by atomic mass is 16.5. The second kappa shape index (κ2) is 8.42. The molecule has 1 aromatic heterocycles. The number of hydrogen-bond acceptors (Lipinski definition) is 4. The molecule has 7 heteroatoms. The van der Waals surface area contributed by atoms with Crippen LogP contribution in [-0.2, 0) is 4.79 Å². The summed E-state index contributed by atoms with van der Waals surface area (Å²) in [5, 5.41) is 6.82. The number of ether oxygens (including phenoxy) is 1. The summed E-state index contributed by atoms with van der Waals surface area (Å²) < 4.78 is 5.78. The van der Waals surface area contributed by atoms with Gasteiger partial charge in [-0.3, -0.25) is 9.59 Å². The SMILES string of the molecule is CNCCCN(C)C(=O)c1ccc2c(C=C3Oc4ccccc4NC3=O)c[nH]c2c1. The largest absolute Gasteiger partial charge is 0.449 e. The Hall–Kier alpha value is -3.58. The van der Waals surface area contributed by atoms with Crippen molar-refractivity contribution >= 4 is 34.5 Å². The number of fused-ring (bicyclic) bond motifs is 2. The van der Waals surface area contributed by atoms with Crippen molar-refractivity contribution in [1.29, 1.82) is 0 Å². The van der Waals surface area contributed by atoms with Gasteiger partial charge in [0, 0.05) is 41.8 Å². The van der Waals surface area contributed by atoms with Gasteiger partial charge in [-0.15, -0.1) is 0 Å². The molecule has 0 bridgehead atoms. The normalized spacial score (nSPS) is 14.3. The van der Waals surface area contributed by atoms with Crippen LogP contribution in [0.5, 0.6) is 5.75 Å². The van der Waals surface area contributed by atoms with Crippen LogP contribution < -0.4 is 15.4 Å². The van der Waals surface area contributed by atoms with Crippen molar-refractivity contribution in [2.75, 3.05) is 32.5 Å². The molecule has 0 unspecified atom stereocenters. The Balaban J connectivity index is 1.57. The molecule has 154 valence electrons.